The average Bonchev–Trinajstić information content (AvgIpc) is 2.94. The number of nitrogens with one attached hydrogen (secondary N) is 3. The number of phenolic OH excluding ortho intramolecular Hbond substituents is 1. The number of aromatic hydroxyl groups is 1. The lowest BCUT2D eigenvalue weighted by molar-refractivity contribution is -0.125. The molecule has 1 heterocycles. The lowest BCUT2D eigenvalue weighted by Crippen LogP contribution is -2.44. The lowest BCUT2D eigenvalue weighted by atomic mass is 9.90. The zero-order valence-electron chi connectivity index (χ0n) is 23.8. The van der Waals surface area contributed by atoms with Gasteiger partial charge in [-0.2, -0.15) is 0 Å². The number of nitrogens with zero attached hydrogens (tertiary/aromatic N) is 1. The lowest BCUT2D eigenvalue weighted by Gasteiger charge is -2.34. The zero-order valence-corrected chi connectivity index (χ0v) is 24.6. The second-order valence-electron chi connectivity index (χ2n) is 11.1. The Morgan fingerprint density at radius 3 is 2.76 bits per heavy atom. The van der Waals surface area contributed by atoms with Crippen molar-refractivity contribution in [2.24, 2.45) is 5.41 Å². The number of anilines is 1. The molecule has 1 aliphatic carbocycles. The molecule has 4 rings (SSSR count). The first kappa shape index (κ1) is 30.4. The normalized spacial score (nSPS) is 15.8. The van der Waals surface area contributed by atoms with Crippen molar-refractivity contribution < 1.29 is 19.7 Å². The van der Waals surface area contributed by atoms with Crippen molar-refractivity contribution in [1.29, 1.82) is 0 Å². The van der Waals surface area contributed by atoms with E-state index in [2.05, 4.69) is 32.4 Å². The number of aliphatic hydroxyl groups excluding tert-OH is 1. The Kier molecular flexibility index (Phi) is 9.61. The monoisotopic (exact) mass is 580 g/mol. The van der Waals surface area contributed by atoms with E-state index in [-0.39, 0.29) is 29.3 Å². The van der Waals surface area contributed by atoms with Gasteiger partial charge in [0, 0.05) is 61.6 Å². The number of aromatic nitrogens is 1. The predicted octanol–water partition coefficient (Wildman–Crippen LogP) is 4.17. The minimum Gasteiger partial charge on any atom is -0.506 e. The van der Waals surface area contributed by atoms with Crippen LogP contribution in [0.3, 0.4) is 0 Å². The van der Waals surface area contributed by atoms with Crippen LogP contribution < -0.4 is 20.9 Å². The van der Waals surface area contributed by atoms with E-state index in [1.807, 2.05) is 20.9 Å². The average molecular weight is 581 g/mol. The van der Waals surface area contributed by atoms with Gasteiger partial charge in [-0.3, -0.25) is 9.59 Å². The molecule has 5 N–H and O–H groups in total. The van der Waals surface area contributed by atoms with Gasteiger partial charge in [0.15, 0.2) is 0 Å². The fraction of sp³-hybridized carbons (Fsp3) is 0.419. The van der Waals surface area contributed by atoms with Gasteiger partial charge in [-0.1, -0.05) is 17.7 Å². The molecule has 10 heteroatoms. The Labute approximate surface area is 244 Å². The summed E-state index contributed by atoms with van der Waals surface area (Å²) in [4.78, 5) is 29.7. The first-order valence-corrected chi connectivity index (χ1v) is 14.0. The van der Waals surface area contributed by atoms with E-state index in [9.17, 15) is 19.8 Å². The number of carbonyl (C=O) groups excluding carboxylic acids is 1. The Morgan fingerprint density at radius 1 is 1.27 bits per heavy atom. The number of aromatic amines is 1. The standard InChI is InChI=1S/C31H37ClN4O5/c1-31(2,18-36(3)20-8-6-5-7-9-20)30(40)34-24-15-27(41-4)19(14-23(24)32)16-33-17-26(38)21-10-12-25(37)29-22(21)11-13-28(39)35-29/h10-15,20,26,33,37-38H,6,8-9,16-18H2,1-4H3,(H,34,40)(H,35,39)/t20?,26-/m0/s1. The minimum atomic E-state index is -0.912. The highest BCUT2D eigenvalue weighted by Gasteiger charge is 2.32. The number of hydrogen-bond acceptors (Lipinski definition) is 7. The summed E-state index contributed by atoms with van der Waals surface area (Å²) < 4.78 is 5.58. The number of amides is 1. The maximum atomic E-state index is 13.3. The summed E-state index contributed by atoms with van der Waals surface area (Å²) in [7, 11) is 3.58. The molecule has 0 radical (unpaired) electrons. The number of H-pyrrole nitrogens is 1. The smallest absolute Gasteiger partial charge is 0.248 e. The van der Waals surface area contributed by atoms with Gasteiger partial charge in [-0.15, -0.1) is 11.8 Å². The molecule has 2 aromatic carbocycles. The number of fused-ring (bicyclic) bond motifs is 1. The summed E-state index contributed by atoms with van der Waals surface area (Å²) in [6.45, 7) is 4.93. The summed E-state index contributed by atoms with van der Waals surface area (Å²) in [6, 6.07) is 9.77. The highest BCUT2D eigenvalue weighted by atomic mass is 35.5. The molecule has 9 nitrogen and oxygen atoms in total. The number of ether oxygens (including phenoxy) is 1. The zero-order chi connectivity index (χ0) is 29.7. The third-order valence-corrected chi connectivity index (χ3v) is 7.80. The molecule has 1 unspecified atom stereocenters. The van der Waals surface area contributed by atoms with E-state index in [4.69, 9.17) is 16.3 Å². The molecule has 0 spiro atoms. The molecular weight excluding hydrogens is 544 g/mol. The second kappa shape index (κ2) is 13.0. The van der Waals surface area contributed by atoms with Crippen molar-refractivity contribution in [2.45, 2.75) is 51.8 Å². The van der Waals surface area contributed by atoms with Gasteiger partial charge in [0.1, 0.15) is 11.5 Å². The van der Waals surface area contributed by atoms with E-state index in [0.717, 1.165) is 24.8 Å². The van der Waals surface area contributed by atoms with E-state index in [1.165, 1.54) is 12.1 Å². The van der Waals surface area contributed by atoms with Crippen LogP contribution in [0.5, 0.6) is 11.5 Å². The number of hydrogen-bond donors (Lipinski definition) is 5. The van der Waals surface area contributed by atoms with Crippen LogP contribution in [0.4, 0.5) is 5.69 Å². The number of halogens is 1. The molecule has 218 valence electrons. The van der Waals surface area contributed by atoms with Gasteiger partial charge < -0.3 is 35.5 Å². The summed E-state index contributed by atoms with van der Waals surface area (Å²) in [6.07, 6.45) is 1.79. The summed E-state index contributed by atoms with van der Waals surface area (Å²) in [5.74, 6) is 6.62. The molecule has 1 aliphatic rings. The van der Waals surface area contributed by atoms with Crippen molar-refractivity contribution in [3.05, 3.63) is 62.9 Å². The number of phenols is 1. The maximum absolute atomic E-state index is 13.3. The molecule has 0 aliphatic heterocycles. The van der Waals surface area contributed by atoms with Gasteiger partial charge in [-0.25, -0.2) is 0 Å². The highest BCUT2D eigenvalue weighted by molar-refractivity contribution is 6.34. The molecule has 2 atom stereocenters. The third-order valence-electron chi connectivity index (χ3n) is 7.49. The SMILES string of the molecule is COc1cc(NC(=O)C(C)(C)CN(C)C2CC#CCC2)c(Cl)cc1CNC[C@H](O)c1ccc(O)c2[nH]c(=O)ccc12. The van der Waals surface area contributed by atoms with Crippen molar-refractivity contribution >= 4 is 34.1 Å². The van der Waals surface area contributed by atoms with Crippen molar-refractivity contribution in [3.8, 4) is 23.3 Å². The molecule has 0 fully saturated rings. The van der Waals surface area contributed by atoms with Crippen molar-refractivity contribution in [2.75, 3.05) is 32.6 Å². The van der Waals surface area contributed by atoms with Crippen LogP contribution in [0.2, 0.25) is 5.02 Å². The Balaban J connectivity index is 1.40. The Bertz CT molecular complexity index is 1540. The predicted molar refractivity (Wildman–Crippen MR) is 161 cm³/mol. The second-order valence-corrected chi connectivity index (χ2v) is 11.5. The number of aliphatic hydroxyl groups is 1. The molecule has 1 amide bonds. The topological polar surface area (TPSA) is 127 Å². The molecule has 0 saturated heterocycles. The van der Waals surface area contributed by atoms with Gasteiger partial charge in [-0.05, 0) is 51.1 Å². The van der Waals surface area contributed by atoms with E-state index in [1.54, 1.807) is 31.4 Å². The van der Waals surface area contributed by atoms with Crippen molar-refractivity contribution in [3.63, 3.8) is 0 Å². The molecule has 0 bridgehead atoms. The Hall–Kier alpha value is -3.55. The van der Waals surface area contributed by atoms with Gasteiger partial charge in [0.25, 0.3) is 0 Å². The first-order valence-electron chi connectivity index (χ1n) is 13.6. The fourth-order valence-electron chi connectivity index (χ4n) is 5.13. The van der Waals surface area contributed by atoms with Crippen LogP contribution >= 0.6 is 11.6 Å². The van der Waals surface area contributed by atoms with Gasteiger partial charge in [0.2, 0.25) is 11.5 Å². The largest absolute Gasteiger partial charge is 0.506 e. The van der Waals surface area contributed by atoms with Crippen LogP contribution in [0, 0.1) is 17.3 Å². The number of benzene rings is 2. The van der Waals surface area contributed by atoms with Crippen LogP contribution in [-0.4, -0.2) is 59.3 Å². The van der Waals surface area contributed by atoms with E-state index < -0.39 is 11.5 Å². The number of methoxy groups -OCH3 is 1. The number of carbonyl (C=O) groups is 1. The van der Waals surface area contributed by atoms with E-state index in [0.29, 0.717) is 46.5 Å². The van der Waals surface area contributed by atoms with Gasteiger partial charge >= 0.3 is 0 Å². The number of pyridine rings is 1. The molecule has 0 saturated carbocycles. The van der Waals surface area contributed by atoms with Crippen molar-refractivity contribution in [1.82, 2.24) is 15.2 Å². The van der Waals surface area contributed by atoms with E-state index >= 15 is 0 Å². The molecule has 1 aromatic heterocycles. The van der Waals surface area contributed by atoms with Crippen LogP contribution in [0.25, 0.3) is 10.9 Å². The molecule has 41 heavy (non-hydrogen) atoms. The third kappa shape index (κ3) is 7.21. The van der Waals surface area contributed by atoms with Crippen LogP contribution in [-0.2, 0) is 11.3 Å². The Morgan fingerprint density at radius 2 is 2.05 bits per heavy atom. The first-order chi connectivity index (χ1) is 19.5. The summed E-state index contributed by atoms with van der Waals surface area (Å²) in [5, 5.41) is 28.1. The van der Waals surface area contributed by atoms with Crippen LogP contribution in [0.1, 0.15) is 50.3 Å². The molecule has 3 aromatic rings. The quantitative estimate of drug-likeness (QED) is 0.215. The highest BCUT2D eigenvalue weighted by Crippen LogP contribution is 2.33. The number of rotatable bonds is 11. The van der Waals surface area contributed by atoms with Gasteiger partial charge in [0.05, 0.1) is 34.9 Å². The summed E-state index contributed by atoms with van der Waals surface area (Å²) >= 11 is 6.58. The fourth-order valence-corrected chi connectivity index (χ4v) is 5.37. The molecular formula is C31H37ClN4O5. The summed E-state index contributed by atoms with van der Waals surface area (Å²) in [5.41, 5.74) is 1.04. The minimum absolute atomic E-state index is 0.0670. The maximum Gasteiger partial charge on any atom is 0.248 e. The van der Waals surface area contributed by atoms with Crippen LogP contribution in [0.15, 0.2) is 41.2 Å².